The summed E-state index contributed by atoms with van der Waals surface area (Å²) in [4.78, 5) is 26.5. The van der Waals surface area contributed by atoms with Gasteiger partial charge in [0.15, 0.2) is 0 Å². The molecular formula is C25H32N2O4. The Morgan fingerprint density at radius 1 is 1.10 bits per heavy atom. The first-order valence-corrected chi connectivity index (χ1v) is 10.9. The van der Waals surface area contributed by atoms with Gasteiger partial charge in [0, 0.05) is 37.7 Å². The molecule has 1 aliphatic heterocycles. The molecule has 1 unspecified atom stereocenters. The van der Waals surface area contributed by atoms with Crippen LogP contribution in [0, 0.1) is 12.8 Å². The zero-order valence-electron chi connectivity index (χ0n) is 18.3. The predicted octanol–water partition coefficient (Wildman–Crippen LogP) is 3.87. The fourth-order valence-electron chi connectivity index (χ4n) is 3.65. The van der Waals surface area contributed by atoms with Gasteiger partial charge in [-0.15, -0.1) is 0 Å². The number of hydrogen-bond acceptors (Lipinski definition) is 4. The number of carbonyl (C=O) groups is 2. The molecule has 1 atom stereocenters. The van der Waals surface area contributed by atoms with E-state index in [4.69, 9.17) is 4.74 Å². The van der Waals surface area contributed by atoms with Gasteiger partial charge >= 0.3 is 6.09 Å². The largest absolute Gasteiger partial charge is 0.445 e. The Bertz CT molecular complexity index is 856. The van der Waals surface area contributed by atoms with Crippen LogP contribution < -0.4 is 5.32 Å². The Hall–Kier alpha value is -2.86. The lowest BCUT2D eigenvalue weighted by Crippen LogP contribution is -2.41. The molecule has 0 bridgehead atoms. The van der Waals surface area contributed by atoms with Crippen LogP contribution in [0.2, 0.25) is 0 Å². The molecule has 2 aromatic rings. The highest BCUT2D eigenvalue weighted by atomic mass is 16.6. The number of carbonyl (C=O) groups excluding carboxylic acids is 2. The van der Waals surface area contributed by atoms with E-state index in [1.54, 1.807) is 17.0 Å². The van der Waals surface area contributed by atoms with E-state index in [2.05, 4.69) is 5.32 Å². The summed E-state index contributed by atoms with van der Waals surface area (Å²) in [5.74, 6) is 0.313. The van der Waals surface area contributed by atoms with Crippen molar-refractivity contribution in [2.75, 3.05) is 26.2 Å². The van der Waals surface area contributed by atoms with Gasteiger partial charge in [0.05, 0.1) is 0 Å². The molecule has 1 saturated heterocycles. The number of hydrogen-bond donors (Lipinski definition) is 2. The molecule has 0 aliphatic carbocycles. The first-order chi connectivity index (χ1) is 15.0. The van der Waals surface area contributed by atoms with Crippen LogP contribution in [0.4, 0.5) is 4.79 Å². The highest BCUT2D eigenvalue weighted by Gasteiger charge is 2.24. The summed E-state index contributed by atoms with van der Waals surface area (Å²) in [7, 11) is 0. The van der Waals surface area contributed by atoms with E-state index in [0.717, 1.165) is 24.0 Å². The second kappa shape index (κ2) is 11.0. The Labute approximate surface area is 184 Å². The van der Waals surface area contributed by atoms with Crippen LogP contribution >= 0.6 is 0 Å². The molecule has 2 amide bonds. The number of piperidine rings is 1. The number of rotatable bonds is 7. The number of aliphatic hydroxyl groups excluding tert-OH is 1. The van der Waals surface area contributed by atoms with Gasteiger partial charge in [-0.3, -0.25) is 4.79 Å². The zero-order chi connectivity index (χ0) is 22.2. The van der Waals surface area contributed by atoms with E-state index in [9.17, 15) is 14.7 Å². The molecule has 0 radical (unpaired) electrons. The van der Waals surface area contributed by atoms with E-state index < -0.39 is 0 Å². The molecule has 6 heteroatoms. The molecule has 0 aromatic heterocycles. The molecule has 2 N–H and O–H groups in total. The van der Waals surface area contributed by atoms with Crippen LogP contribution in [-0.4, -0.2) is 48.2 Å². The van der Waals surface area contributed by atoms with Crippen molar-refractivity contribution >= 4 is 12.0 Å². The topological polar surface area (TPSA) is 78.9 Å². The summed E-state index contributed by atoms with van der Waals surface area (Å²) in [6.07, 6.45) is 1.40. The van der Waals surface area contributed by atoms with Gasteiger partial charge in [-0.25, -0.2) is 4.79 Å². The molecule has 166 valence electrons. The summed E-state index contributed by atoms with van der Waals surface area (Å²) >= 11 is 0. The standard InChI is InChI=1S/C25H32N2O4/c1-18-3-5-21(6-4-18)17-31-25(30)27-13-11-20(12-14-27)15-26-24(29)23-9-7-22(8-10-23)19(2)16-28/h3-10,19-20,28H,11-17H2,1-2H3,(H,26,29). The SMILES string of the molecule is Cc1ccc(COC(=O)N2CCC(CNC(=O)c3ccc(C(C)CO)cc3)CC2)cc1. The van der Waals surface area contributed by atoms with Gasteiger partial charge in [0.2, 0.25) is 0 Å². The average molecular weight is 425 g/mol. The van der Waals surface area contributed by atoms with Crippen molar-refractivity contribution < 1.29 is 19.4 Å². The molecule has 0 spiro atoms. The van der Waals surface area contributed by atoms with Crippen LogP contribution in [0.3, 0.4) is 0 Å². The third-order valence-electron chi connectivity index (χ3n) is 5.92. The molecule has 0 saturated carbocycles. The van der Waals surface area contributed by atoms with Crippen LogP contribution in [0.15, 0.2) is 48.5 Å². The van der Waals surface area contributed by atoms with Gasteiger partial charge in [0.1, 0.15) is 6.61 Å². The van der Waals surface area contributed by atoms with Crippen molar-refractivity contribution in [3.05, 3.63) is 70.8 Å². The van der Waals surface area contributed by atoms with Crippen LogP contribution in [-0.2, 0) is 11.3 Å². The number of ether oxygens (including phenoxy) is 1. The number of amides is 2. The maximum Gasteiger partial charge on any atom is 0.410 e. The van der Waals surface area contributed by atoms with Crippen LogP contribution in [0.1, 0.15) is 52.7 Å². The lowest BCUT2D eigenvalue weighted by Gasteiger charge is -2.31. The van der Waals surface area contributed by atoms with Crippen molar-refractivity contribution in [2.24, 2.45) is 5.92 Å². The Morgan fingerprint density at radius 2 is 1.74 bits per heavy atom. The van der Waals surface area contributed by atoms with Crippen molar-refractivity contribution in [1.29, 1.82) is 0 Å². The van der Waals surface area contributed by atoms with Crippen molar-refractivity contribution in [1.82, 2.24) is 10.2 Å². The summed E-state index contributed by atoms with van der Waals surface area (Å²) in [6, 6.07) is 15.3. The molecule has 1 aliphatic rings. The van der Waals surface area contributed by atoms with Crippen LogP contribution in [0.5, 0.6) is 0 Å². The fourth-order valence-corrected chi connectivity index (χ4v) is 3.65. The van der Waals surface area contributed by atoms with E-state index >= 15 is 0 Å². The van der Waals surface area contributed by atoms with E-state index in [1.165, 1.54) is 5.56 Å². The van der Waals surface area contributed by atoms with E-state index in [0.29, 0.717) is 31.1 Å². The lowest BCUT2D eigenvalue weighted by atomic mass is 9.96. The first-order valence-electron chi connectivity index (χ1n) is 10.9. The van der Waals surface area contributed by atoms with Gasteiger partial charge in [0.25, 0.3) is 5.91 Å². The number of likely N-dealkylation sites (tertiary alicyclic amines) is 1. The Balaban J connectivity index is 1.38. The molecule has 1 heterocycles. The van der Waals surface area contributed by atoms with E-state index in [-0.39, 0.29) is 31.1 Å². The highest BCUT2D eigenvalue weighted by Crippen LogP contribution is 2.19. The number of nitrogens with zero attached hydrogens (tertiary/aromatic N) is 1. The van der Waals surface area contributed by atoms with Gasteiger partial charge < -0.3 is 20.1 Å². The molecule has 2 aromatic carbocycles. The third-order valence-corrected chi connectivity index (χ3v) is 5.92. The zero-order valence-corrected chi connectivity index (χ0v) is 18.3. The van der Waals surface area contributed by atoms with Crippen molar-refractivity contribution in [3.8, 4) is 0 Å². The Morgan fingerprint density at radius 3 is 2.35 bits per heavy atom. The molecule has 3 rings (SSSR count). The monoisotopic (exact) mass is 424 g/mol. The predicted molar refractivity (Wildman–Crippen MR) is 120 cm³/mol. The average Bonchev–Trinajstić information content (AvgIpc) is 2.82. The van der Waals surface area contributed by atoms with Gasteiger partial charge in [-0.1, -0.05) is 48.9 Å². The molecule has 6 nitrogen and oxygen atoms in total. The smallest absolute Gasteiger partial charge is 0.410 e. The summed E-state index contributed by atoms with van der Waals surface area (Å²) < 4.78 is 5.43. The highest BCUT2D eigenvalue weighted by molar-refractivity contribution is 5.94. The fraction of sp³-hybridized carbons (Fsp3) is 0.440. The van der Waals surface area contributed by atoms with Crippen LogP contribution in [0.25, 0.3) is 0 Å². The van der Waals surface area contributed by atoms with E-state index in [1.807, 2.05) is 50.2 Å². The lowest BCUT2D eigenvalue weighted by molar-refractivity contribution is 0.0800. The number of aryl methyl sites for hydroxylation is 1. The van der Waals surface area contributed by atoms with Crippen molar-refractivity contribution in [2.45, 2.75) is 39.2 Å². The molecule has 31 heavy (non-hydrogen) atoms. The summed E-state index contributed by atoms with van der Waals surface area (Å²) in [6.45, 7) is 6.22. The summed E-state index contributed by atoms with van der Waals surface area (Å²) in [5, 5.41) is 12.2. The second-order valence-electron chi connectivity index (χ2n) is 8.39. The summed E-state index contributed by atoms with van der Waals surface area (Å²) in [5.41, 5.74) is 3.79. The van der Waals surface area contributed by atoms with Crippen molar-refractivity contribution in [3.63, 3.8) is 0 Å². The molecule has 1 fully saturated rings. The quantitative estimate of drug-likeness (QED) is 0.707. The maximum absolute atomic E-state index is 12.4. The third kappa shape index (κ3) is 6.56. The number of nitrogens with one attached hydrogen (secondary N) is 1. The first kappa shape index (κ1) is 22.8. The Kier molecular flexibility index (Phi) is 8.06. The minimum atomic E-state index is -0.278. The second-order valence-corrected chi connectivity index (χ2v) is 8.39. The minimum absolute atomic E-state index is 0.0610. The van der Waals surface area contributed by atoms with Gasteiger partial charge in [-0.2, -0.15) is 0 Å². The minimum Gasteiger partial charge on any atom is -0.445 e. The number of aliphatic hydroxyl groups is 1. The normalized spacial score (nSPS) is 15.4. The van der Waals surface area contributed by atoms with Gasteiger partial charge in [-0.05, 0) is 48.9 Å². The maximum atomic E-state index is 12.4. The molecular weight excluding hydrogens is 392 g/mol. The number of benzene rings is 2.